The summed E-state index contributed by atoms with van der Waals surface area (Å²) in [5.74, 6) is -3.95. The number of aliphatic imine (C=N–C) groups is 1. The molecule has 1 N–H and O–H groups in total. The Kier molecular flexibility index (Phi) is 5.11. The Balaban J connectivity index is 2.28. The highest BCUT2D eigenvalue weighted by Crippen LogP contribution is 2.51. The minimum absolute atomic E-state index is 0.564. The van der Waals surface area contributed by atoms with Crippen molar-refractivity contribution in [2.45, 2.75) is 16.4 Å². The molecule has 0 aromatic heterocycles. The molecule has 128 valence electrons. The van der Waals surface area contributed by atoms with E-state index in [0.717, 1.165) is 23.1 Å². The second-order valence-electron chi connectivity index (χ2n) is 4.81. The molecule has 1 heterocycles. The van der Waals surface area contributed by atoms with Crippen molar-refractivity contribution in [1.29, 1.82) is 0 Å². The van der Waals surface area contributed by atoms with E-state index in [-0.39, 0.29) is 0 Å². The van der Waals surface area contributed by atoms with Crippen molar-refractivity contribution in [3.8, 4) is 0 Å². The van der Waals surface area contributed by atoms with Crippen molar-refractivity contribution < 1.29 is 22.7 Å². The minimum Gasteiger partial charge on any atom is -0.352 e. The van der Waals surface area contributed by atoms with Gasteiger partial charge in [0.2, 0.25) is 0 Å². The van der Waals surface area contributed by atoms with Gasteiger partial charge in [0.05, 0.1) is 6.54 Å². The highest BCUT2D eigenvalue weighted by atomic mass is 35.5. The van der Waals surface area contributed by atoms with Crippen LogP contribution in [0.1, 0.15) is 5.56 Å². The lowest BCUT2D eigenvalue weighted by Crippen LogP contribution is -2.52. The number of rotatable bonds is 4. The van der Waals surface area contributed by atoms with Crippen molar-refractivity contribution in [3.63, 3.8) is 0 Å². The van der Waals surface area contributed by atoms with Gasteiger partial charge in [0.1, 0.15) is 0 Å². The number of amidine groups is 1. The number of hydrogen-bond acceptors (Lipinski definition) is 4. The zero-order valence-electron chi connectivity index (χ0n) is 11.7. The third-order valence-corrected chi connectivity index (χ3v) is 5.03. The molecule has 0 saturated heterocycles. The molecule has 1 aromatic rings. The summed E-state index contributed by atoms with van der Waals surface area (Å²) in [4.78, 5) is 5.95. The number of anilines is 1. The quantitative estimate of drug-likeness (QED) is 0.621. The zero-order valence-corrected chi connectivity index (χ0v) is 14.1. The molecule has 2 atom stereocenters. The molecule has 0 saturated carbocycles. The second kappa shape index (κ2) is 6.31. The molecule has 23 heavy (non-hydrogen) atoms. The fourth-order valence-electron chi connectivity index (χ4n) is 1.90. The van der Waals surface area contributed by atoms with E-state index in [4.69, 9.17) is 16.7 Å². The first-order valence-corrected chi connectivity index (χ1v) is 8.10. The van der Waals surface area contributed by atoms with Crippen LogP contribution in [0.3, 0.4) is 0 Å². The molecule has 1 aliphatic rings. The number of alkyl halides is 6. The lowest BCUT2D eigenvalue weighted by atomic mass is 10.0. The van der Waals surface area contributed by atoms with Crippen molar-refractivity contribution in [3.05, 3.63) is 29.8 Å². The molecule has 1 aliphatic heterocycles. The van der Waals surface area contributed by atoms with Crippen LogP contribution in [-0.4, -0.2) is 40.9 Å². The summed E-state index contributed by atoms with van der Waals surface area (Å²) in [6.45, 7) is 0.678. The monoisotopic (exact) mass is 390 g/mol. The van der Waals surface area contributed by atoms with Gasteiger partial charge in [-0.1, -0.05) is 35.5 Å². The SMILES string of the molecule is CN(C1=NCCS1)c1ccc(C(F)(Cl)C(O)(F)C(F)(F)Cl)cc1. The van der Waals surface area contributed by atoms with E-state index in [1.54, 1.807) is 11.9 Å². The fraction of sp³-hybridized carbons (Fsp3) is 0.462. The highest BCUT2D eigenvalue weighted by molar-refractivity contribution is 8.14. The van der Waals surface area contributed by atoms with Crippen LogP contribution >= 0.6 is 35.0 Å². The molecule has 2 unspecified atom stereocenters. The molecular formula is C13H12Cl2F4N2OS. The van der Waals surface area contributed by atoms with Crippen LogP contribution in [0.15, 0.2) is 29.3 Å². The van der Waals surface area contributed by atoms with E-state index in [1.165, 1.54) is 23.9 Å². The number of aliphatic hydroxyl groups is 1. The van der Waals surface area contributed by atoms with Crippen molar-refractivity contribution in [2.75, 3.05) is 24.2 Å². The van der Waals surface area contributed by atoms with Crippen LogP contribution in [0.5, 0.6) is 0 Å². The summed E-state index contributed by atoms with van der Waals surface area (Å²) < 4.78 is 53.7. The Bertz CT molecular complexity index is 605. The average Bonchev–Trinajstić information content (AvgIpc) is 2.99. The summed E-state index contributed by atoms with van der Waals surface area (Å²) in [6.07, 6.45) is 0. The van der Waals surface area contributed by atoms with Crippen molar-refractivity contribution >= 4 is 45.8 Å². The van der Waals surface area contributed by atoms with Gasteiger partial charge in [-0.25, -0.2) is 4.39 Å². The van der Waals surface area contributed by atoms with Crippen LogP contribution in [0.4, 0.5) is 23.2 Å². The third kappa shape index (κ3) is 3.40. The Morgan fingerprint density at radius 3 is 2.17 bits per heavy atom. The van der Waals surface area contributed by atoms with Crippen LogP contribution in [0, 0.1) is 0 Å². The Morgan fingerprint density at radius 1 is 1.17 bits per heavy atom. The van der Waals surface area contributed by atoms with Crippen LogP contribution < -0.4 is 4.90 Å². The summed E-state index contributed by atoms with van der Waals surface area (Å²) >= 11 is 11.1. The molecule has 3 nitrogen and oxygen atoms in total. The molecule has 0 bridgehead atoms. The summed E-state index contributed by atoms with van der Waals surface area (Å²) in [7, 11) is 1.72. The number of nitrogens with zero attached hydrogens (tertiary/aromatic N) is 2. The summed E-state index contributed by atoms with van der Waals surface area (Å²) in [6, 6.07) is 4.67. The smallest absolute Gasteiger partial charge is 0.352 e. The largest absolute Gasteiger partial charge is 0.384 e. The predicted molar refractivity (Wildman–Crippen MR) is 85.1 cm³/mol. The van der Waals surface area contributed by atoms with Gasteiger partial charge in [-0.2, -0.15) is 13.2 Å². The van der Waals surface area contributed by atoms with Gasteiger partial charge in [0, 0.05) is 24.1 Å². The van der Waals surface area contributed by atoms with E-state index in [2.05, 4.69) is 16.6 Å². The van der Waals surface area contributed by atoms with Crippen molar-refractivity contribution in [1.82, 2.24) is 0 Å². The molecular weight excluding hydrogens is 379 g/mol. The Morgan fingerprint density at radius 2 is 1.74 bits per heavy atom. The second-order valence-corrected chi connectivity index (χ2v) is 6.87. The predicted octanol–water partition coefficient (Wildman–Crippen LogP) is 4.08. The van der Waals surface area contributed by atoms with E-state index < -0.39 is 21.9 Å². The third-order valence-electron chi connectivity index (χ3n) is 3.27. The molecule has 0 radical (unpaired) electrons. The van der Waals surface area contributed by atoms with E-state index in [1.807, 2.05) is 0 Å². The maximum Gasteiger partial charge on any atom is 0.384 e. The minimum atomic E-state index is -4.91. The number of hydrogen-bond donors (Lipinski definition) is 1. The molecule has 1 aromatic carbocycles. The van der Waals surface area contributed by atoms with E-state index in [9.17, 15) is 17.6 Å². The zero-order chi connectivity index (χ0) is 17.5. The first-order valence-electron chi connectivity index (χ1n) is 6.36. The molecule has 0 aliphatic carbocycles. The van der Waals surface area contributed by atoms with Gasteiger partial charge in [-0.05, 0) is 23.7 Å². The Labute approximate surface area is 144 Å². The summed E-state index contributed by atoms with van der Waals surface area (Å²) in [5.41, 5.74) is -0.128. The first kappa shape index (κ1) is 18.6. The van der Waals surface area contributed by atoms with Gasteiger partial charge in [0.25, 0.3) is 5.13 Å². The topological polar surface area (TPSA) is 35.8 Å². The first-order chi connectivity index (χ1) is 10.5. The van der Waals surface area contributed by atoms with Crippen LogP contribution in [-0.2, 0) is 5.13 Å². The molecule has 10 heteroatoms. The maximum absolute atomic E-state index is 14.3. The molecule has 0 fully saturated rings. The lowest BCUT2D eigenvalue weighted by Gasteiger charge is -2.33. The number of thioether (sulfide) groups is 1. The fourth-order valence-corrected chi connectivity index (χ4v) is 3.17. The normalized spacial score (nSPS) is 20.6. The van der Waals surface area contributed by atoms with Gasteiger partial charge in [0.15, 0.2) is 5.17 Å². The molecule has 0 amide bonds. The Hall–Kier alpha value is -0.700. The number of halogens is 6. The maximum atomic E-state index is 14.3. The lowest BCUT2D eigenvalue weighted by molar-refractivity contribution is -0.260. The van der Waals surface area contributed by atoms with Gasteiger partial charge >= 0.3 is 11.2 Å². The molecule has 0 spiro atoms. The molecule has 2 rings (SSSR count). The van der Waals surface area contributed by atoms with Gasteiger partial charge < -0.3 is 10.0 Å². The van der Waals surface area contributed by atoms with E-state index in [0.29, 0.717) is 12.2 Å². The standard InChI is InChI=1S/C13H12Cl2F4N2OS/c1-21(10-20-6-7-23-10)9-4-2-8(3-5-9)11(14,16)12(17,22)13(15,18)19/h2-5,22H,6-7H2,1H3. The van der Waals surface area contributed by atoms with Crippen molar-refractivity contribution in [2.24, 2.45) is 4.99 Å². The van der Waals surface area contributed by atoms with Gasteiger partial charge in [-0.3, -0.25) is 4.99 Å². The average molecular weight is 391 g/mol. The van der Waals surface area contributed by atoms with Crippen LogP contribution in [0.2, 0.25) is 0 Å². The van der Waals surface area contributed by atoms with Gasteiger partial charge in [-0.15, -0.1) is 0 Å². The van der Waals surface area contributed by atoms with E-state index >= 15 is 0 Å². The highest BCUT2D eigenvalue weighted by Gasteiger charge is 2.68. The number of benzene rings is 1. The van der Waals surface area contributed by atoms with Crippen LogP contribution in [0.25, 0.3) is 0 Å². The summed E-state index contributed by atoms with van der Waals surface area (Å²) in [5, 5.41) is 1.00.